The van der Waals surface area contributed by atoms with Gasteiger partial charge in [-0.3, -0.25) is 9.78 Å². The smallest absolute Gasteiger partial charge is 0.257 e. The van der Waals surface area contributed by atoms with E-state index in [1.54, 1.807) is 23.1 Å². The number of nitrogens with one attached hydrogen (secondary N) is 1. The van der Waals surface area contributed by atoms with Crippen molar-refractivity contribution in [3.8, 4) is 11.3 Å². The van der Waals surface area contributed by atoms with Crippen molar-refractivity contribution in [2.24, 2.45) is 0 Å². The van der Waals surface area contributed by atoms with Crippen LogP contribution in [0.3, 0.4) is 0 Å². The van der Waals surface area contributed by atoms with Crippen LogP contribution in [-0.4, -0.2) is 25.5 Å². The number of hydrogen-bond donors (Lipinski definition) is 1. The van der Waals surface area contributed by atoms with Crippen LogP contribution >= 0.6 is 0 Å². The molecule has 0 unspecified atom stereocenters. The Morgan fingerprint density at radius 1 is 1.04 bits per heavy atom. The van der Waals surface area contributed by atoms with Crippen LogP contribution in [-0.2, 0) is 6.54 Å². The van der Waals surface area contributed by atoms with Crippen LogP contribution in [0.4, 0.5) is 0 Å². The molecule has 0 fully saturated rings. The summed E-state index contributed by atoms with van der Waals surface area (Å²) >= 11 is 0. The highest BCUT2D eigenvalue weighted by Gasteiger charge is 2.16. The lowest BCUT2D eigenvalue weighted by atomic mass is 10.0. The van der Waals surface area contributed by atoms with E-state index in [-0.39, 0.29) is 5.91 Å². The highest BCUT2D eigenvalue weighted by atomic mass is 16.1. The Morgan fingerprint density at radius 2 is 1.93 bits per heavy atom. The van der Waals surface area contributed by atoms with E-state index in [1.165, 1.54) is 11.1 Å². The fourth-order valence-electron chi connectivity index (χ4n) is 2.94. The Morgan fingerprint density at radius 3 is 2.70 bits per heavy atom. The predicted molar refractivity (Wildman–Crippen MR) is 103 cm³/mol. The van der Waals surface area contributed by atoms with Gasteiger partial charge < -0.3 is 5.32 Å². The summed E-state index contributed by atoms with van der Waals surface area (Å²) in [6, 6.07) is 13.8. The highest BCUT2D eigenvalue weighted by Crippen LogP contribution is 2.23. The topological polar surface area (TPSA) is 72.2 Å². The summed E-state index contributed by atoms with van der Waals surface area (Å²) in [5.74, 6) is -0.222. The molecule has 1 amide bonds. The van der Waals surface area contributed by atoms with Gasteiger partial charge in [0.25, 0.3) is 5.91 Å². The van der Waals surface area contributed by atoms with E-state index in [0.717, 1.165) is 17.0 Å². The molecule has 1 aromatic carbocycles. The maximum absolute atomic E-state index is 12.6. The number of rotatable bonds is 4. The number of nitrogens with zero attached hydrogens (tertiary/aromatic N) is 4. The third-order valence-corrected chi connectivity index (χ3v) is 4.60. The molecule has 3 heterocycles. The van der Waals surface area contributed by atoms with Crippen molar-refractivity contribution in [2.75, 3.05) is 0 Å². The number of benzene rings is 1. The van der Waals surface area contributed by atoms with Gasteiger partial charge in [0.2, 0.25) is 0 Å². The van der Waals surface area contributed by atoms with Crippen LogP contribution in [0.15, 0.2) is 61.1 Å². The maximum Gasteiger partial charge on any atom is 0.257 e. The number of pyridine rings is 1. The van der Waals surface area contributed by atoms with Crippen molar-refractivity contribution in [1.29, 1.82) is 0 Å². The Hall–Kier alpha value is -3.54. The summed E-state index contributed by atoms with van der Waals surface area (Å²) in [6.45, 7) is 4.52. The van der Waals surface area contributed by atoms with Gasteiger partial charge in [-0.1, -0.05) is 18.2 Å². The molecule has 4 rings (SSSR count). The standard InChI is InChI=1S/C21H19N5O/c1-14-6-7-16(11-15(14)2)19-8-10-23-20-18(13-25-26(19)20)21(27)24-12-17-5-3-4-9-22-17/h3-11,13H,12H2,1-2H3,(H,24,27). The van der Waals surface area contributed by atoms with Crippen LogP contribution in [0.5, 0.6) is 0 Å². The second-order valence-corrected chi connectivity index (χ2v) is 6.43. The first-order chi connectivity index (χ1) is 13.1. The normalized spacial score (nSPS) is 10.9. The molecule has 0 aliphatic carbocycles. The first-order valence-electron chi connectivity index (χ1n) is 8.72. The molecule has 134 valence electrons. The van der Waals surface area contributed by atoms with E-state index < -0.39 is 0 Å². The van der Waals surface area contributed by atoms with Crippen molar-refractivity contribution in [2.45, 2.75) is 20.4 Å². The van der Waals surface area contributed by atoms with Gasteiger partial charge in [0.05, 0.1) is 24.1 Å². The number of amides is 1. The first kappa shape index (κ1) is 16.9. The minimum Gasteiger partial charge on any atom is -0.346 e. The first-order valence-corrected chi connectivity index (χ1v) is 8.72. The molecule has 0 aliphatic heterocycles. The number of carbonyl (C=O) groups excluding carboxylic acids is 1. The van der Waals surface area contributed by atoms with E-state index in [0.29, 0.717) is 17.8 Å². The highest BCUT2D eigenvalue weighted by molar-refractivity contribution is 5.99. The third-order valence-electron chi connectivity index (χ3n) is 4.60. The molecule has 0 aliphatic rings. The fourth-order valence-corrected chi connectivity index (χ4v) is 2.94. The molecule has 6 nitrogen and oxygen atoms in total. The SMILES string of the molecule is Cc1ccc(-c2ccnc3c(C(=O)NCc4ccccn4)cnn23)cc1C. The van der Waals surface area contributed by atoms with Gasteiger partial charge in [-0.25, -0.2) is 9.50 Å². The van der Waals surface area contributed by atoms with Gasteiger partial charge in [0.15, 0.2) is 5.65 Å². The Balaban J connectivity index is 1.66. The molecule has 0 bridgehead atoms. The second kappa shape index (κ2) is 6.99. The van der Waals surface area contributed by atoms with Crippen molar-refractivity contribution in [3.63, 3.8) is 0 Å². The van der Waals surface area contributed by atoms with Crippen LogP contribution in [0, 0.1) is 13.8 Å². The monoisotopic (exact) mass is 357 g/mol. The van der Waals surface area contributed by atoms with Crippen molar-refractivity contribution in [1.82, 2.24) is 24.9 Å². The van der Waals surface area contributed by atoms with Crippen LogP contribution in [0.2, 0.25) is 0 Å². The quantitative estimate of drug-likeness (QED) is 0.608. The van der Waals surface area contributed by atoms with Crippen LogP contribution < -0.4 is 5.32 Å². The van der Waals surface area contributed by atoms with E-state index in [2.05, 4.69) is 52.4 Å². The zero-order valence-electron chi connectivity index (χ0n) is 15.2. The van der Waals surface area contributed by atoms with E-state index in [9.17, 15) is 4.79 Å². The molecule has 0 radical (unpaired) electrons. The molecule has 3 aromatic heterocycles. The number of aromatic nitrogens is 4. The number of fused-ring (bicyclic) bond motifs is 1. The van der Waals surface area contributed by atoms with Crippen LogP contribution in [0.25, 0.3) is 16.9 Å². The zero-order chi connectivity index (χ0) is 18.8. The lowest BCUT2D eigenvalue weighted by Crippen LogP contribution is -2.23. The zero-order valence-corrected chi connectivity index (χ0v) is 15.2. The minimum absolute atomic E-state index is 0.222. The van der Waals surface area contributed by atoms with Gasteiger partial charge in [-0.2, -0.15) is 5.10 Å². The Labute approximate surface area is 156 Å². The minimum atomic E-state index is -0.222. The van der Waals surface area contributed by atoms with Gasteiger partial charge in [-0.15, -0.1) is 0 Å². The Bertz CT molecular complexity index is 1120. The molecule has 0 spiro atoms. The molecular formula is C21H19N5O. The van der Waals surface area contributed by atoms with E-state index in [1.807, 2.05) is 24.3 Å². The van der Waals surface area contributed by atoms with E-state index >= 15 is 0 Å². The number of aryl methyl sites for hydroxylation is 2. The molecular weight excluding hydrogens is 338 g/mol. The molecule has 0 saturated heterocycles. The van der Waals surface area contributed by atoms with E-state index in [4.69, 9.17) is 0 Å². The van der Waals surface area contributed by atoms with Crippen molar-refractivity contribution < 1.29 is 4.79 Å². The summed E-state index contributed by atoms with van der Waals surface area (Å²) < 4.78 is 1.71. The Kier molecular flexibility index (Phi) is 4.38. The van der Waals surface area contributed by atoms with Crippen molar-refractivity contribution in [3.05, 3.63) is 83.4 Å². The molecule has 4 aromatic rings. The van der Waals surface area contributed by atoms with Gasteiger partial charge in [0, 0.05) is 18.0 Å². The molecule has 0 atom stereocenters. The summed E-state index contributed by atoms with van der Waals surface area (Å²) in [4.78, 5) is 21.2. The molecule has 1 N–H and O–H groups in total. The molecule has 27 heavy (non-hydrogen) atoms. The van der Waals surface area contributed by atoms with Gasteiger partial charge in [0.1, 0.15) is 5.56 Å². The van der Waals surface area contributed by atoms with Crippen LogP contribution in [0.1, 0.15) is 27.2 Å². The van der Waals surface area contributed by atoms with Gasteiger partial charge >= 0.3 is 0 Å². The maximum atomic E-state index is 12.6. The molecule has 6 heteroatoms. The van der Waals surface area contributed by atoms with Crippen molar-refractivity contribution >= 4 is 11.6 Å². The molecule has 0 saturated carbocycles. The summed E-state index contributed by atoms with van der Waals surface area (Å²) in [5, 5.41) is 7.28. The fraction of sp³-hybridized carbons (Fsp3) is 0.143. The average molecular weight is 357 g/mol. The number of carbonyl (C=O) groups is 1. The summed E-state index contributed by atoms with van der Waals surface area (Å²) in [7, 11) is 0. The second-order valence-electron chi connectivity index (χ2n) is 6.43. The average Bonchev–Trinajstić information content (AvgIpc) is 3.13. The van der Waals surface area contributed by atoms with Gasteiger partial charge in [-0.05, 0) is 49.2 Å². The summed E-state index contributed by atoms with van der Waals surface area (Å²) in [5.41, 5.74) is 6.14. The lowest BCUT2D eigenvalue weighted by molar-refractivity contribution is 0.0952. The largest absolute Gasteiger partial charge is 0.346 e. The predicted octanol–water partition coefficient (Wildman–Crippen LogP) is 3.34. The lowest BCUT2D eigenvalue weighted by Gasteiger charge is -2.08. The summed E-state index contributed by atoms with van der Waals surface area (Å²) in [6.07, 6.45) is 4.96. The third kappa shape index (κ3) is 3.29. The number of hydrogen-bond acceptors (Lipinski definition) is 4.